The van der Waals surface area contributed by atoms with E-state index >= 15 is 0 Å². The van der Waals surface area contributed by atoms with Gasteiger partial charge in [0.25, 0.3) is 6.08 Å². The first kappa shape index (κ1) is 25.0. The van der Waals surface area contributed by atoms with Crippen molar-refractivity contribution in [3.8, 4) is 11.3 Å². The summed E-state index contributed by atoms with van der Waals surface area (Å²) in [5.74, 6) is -2.76. The number of aliphatic carboxylic acids is 1. The number of H-pyrrole nitrogens is 1. The van der Waals surface area contributed by atoms with Gasteiger partial charge < -0.3 is 10.1 Å². The Morgan fingerprint density at radius 3 is 2.62 bits per heavy atom. The molecule has 34 heavy (non-hydrogen) atoms. The lowest BCUT2D eigenvalue weighted by atomic mass is 10.0. The lowest BCUT2D eigenvalue weighted by Gasteiger charge is -2.16. The van der Waals surface area contributed by atoms with Crippen LogP contribution < -0.4 is 0 Å². The van der Waals surface area contributed by atoms with Gasteiger partial charge in [0.2, 0.25) is 0 Å². The van der Waals surface area contributed by atoms with E-state index in [0.717, 1.165) is 38.4 Å². The van der Waals surface area contributed by atoms with Crippen molar-refractivity contribution in [2.45, 2.75) is 18.6 Å². The number of benzene rings is 1. The third-order valence-corrected chi connectivity index (χ3v) is 5.01. The Hall–Kier alpha value is -3.61. The molecule has 0 aliphatic heterocycles. The van der Waals surface area contributed by atoms with Crippen LogP contribution in [0.2, 0.25) is 0 Å². The van der Waals surface area contributed by atoms with E-state index < -0.39 is 18.2 Å². The average molecular weight is 544 g/mol. The molecule has 1 unspecified atom stereocenters. The zero-order chi connectivity index (χ0) is 24.9. The zero-order valence-corrected chi connectivity index (χ0v) is 18.6. The van der Waals surface area contributed by atoms with E-state index in [1.807, 2.05) is 36.5 Å². The monoisotopic (exact) mass is 543 g/mol. The third kappa shape index (κ3) is 6.25. The fourth-order valence-electron chi connectivity index (χ4n) is 3.04. The molecule has 0 radical (unpaired) electrons. The van der Waals surface area contributed by atoms with Gasteiger partial charge in [-0.05, 0) is 36.3 Å². The number of nitrogens with one attached hydrogen (secondary N) is 1. The van der Waals surface area contributed by atoms with Crippen molar-refractivity contribution in [3.05, 3.63) is 77.4 Å². The maximum absolute atomic E-state index is 12.7. The Morgan fingerprint density at radius 2 is 1.97 bits per heavy atom. The number of halogens is 6. The number of carbonyl (C=O) groups is 1. The molecule has 13 heteroatoms. The highest BCUT2D eigenvalue weighted by atomic mass is 79.9. The van der Waals surface area contributed by atoms with Crippen molar-refractivity contribution in [2.75, 3.05) is 0 Å². The summed E-state index contributed by atoms with van der Waals surface area (Å²) in [5, 5.41) is 12.4. The zero-order valence-electron chi connectivity index (χ0n) is 17.0. The predicted molar refractivity (Wildman–Crippen MR) is 116 cm³/mol. The van der Waals surface area contributed by atoms with Gasteiger partial charge in [-0.1, -0.05) is 28.1 Å². The van der Waals surface area contributed by atoms with Gasteiger partial charge in [0.05, 0.1) is 17.9 Å². The Kier molecular flexibility index (Phi) is 7.76. The molecule has 3 aromatic heterocycles. The van der Waals surface area contributed by atoms with E-state index in [2.05, 4.69) is 36.0 Å². The molecule has 0 saturated carbocycles. The van der Waals surface area contributed by atoms with Crippen LogP contribution in [0.5, 0.6) is 0 Å². The standard InChI is InChI=1S/C19H14BrF2N5.C2HF3O2/c20-14-3-1-2-12(8-14)16(4-5-17(21)22)27-10-13(9-26-27)18-15-6-7-23-19(15)25-11-24-18;3-2(4,5)1(6)7/h1-3,5-11,16H,4H2,(H,23,24,25);(H,6,7). The van der Waals surface area contributed by atoms with Gasteiger partial charge in [0.15, 0.2) is 0 Å². The summed E-state index contributed by atoms with van der Waals surface area (Å²) in [6.07, 6.45) is 1.06. The van der Waals surface area contributed by atoms with E-state index in [9.17, 15) is 22.0 Å². The highest BCUT2D eigenvalue weighted by Gasteiger charge is 2.38. The average Bonchev–Trinajstić information content (AvgIpc) is 3.43. The Morgan fingerprint density at radius 1 is 1.24 bits per heavy atom. The number of aromatic nitrogens is 5. The minimum atomic E-state index is -5.08. The molecule has 0 spiro atoms. The summed E-state index contributed by atoms with van der Waals surface area (Å²) in [6, 6.07) is 9.11. The van der Waals surface area contributed by atoms with Gasteiger partial charge in [-0.2, -0.15) is 27.1 Å². The first-order chi connectivity index (χ1) is 16.1. The maximum Gasteiger partial charge on any atom is 0.490 e. The maximum atomic E-state index is 12.7. The predicted octanol–water partition coefficient (Wildman–Crippen LogP) is 5.98. The molecule has 0 amide bonds. The quantitative estimate of drug-likeness (QED) is 0.302. The van der Waals surface area contributed by atoms with Gasteiger partial charge in [-0.25, -0.2) is 14.8 Å². The molecule has 3 heterocycles. The van der Waals surface area contributed by atoms with Gasteiger partial charge in [0, 0.05) is 27.8 Å². The molecule has 0 saturated heterocycles. The molecule has 1 aromatic carbocycles. The second-order valence-electron chi connectivity index (χ2n) is 6.77. The molecule has 0 bridgehead atoms. The number of hydrogen-bond donors (Lipinski definition) is 2. The molecular weight excluding hydrogens is 529 g/mol. The number of carboxylic acid groups (broad SMARTS) is 1. The van der Waals surface area contributed by atoms with Crippen LogP contribution in [0, 0.1) is 0 Å². The van der Waals surface area contributed by atoms with Crippen LogP contribution >= 0.6 is 15.9 Å². The van der Waals surface area contributed by atoms with Crippen LogP contribution in [0.1, 0.15) is 18.0 Å². The molecule has 0 aliphatic carbocycles. The Labute approximate surface area is 197 Å². The lowest BCUT2D eigenvalue weighted by Crippen LogP contribution is -2.21. The van der Waals surface area contributed by atoms with Crippen LogP contribution in [0.3, 0.4) is 0 Å². The van der Waals surface area contributed by atoms with Gasteiger partial charge in [-0.3, -0.25) is 4.68 Å². The van der Waals surface area contributed by atoms with Crippen LogP contribution in [0.15, 0.2) is 71.9 Å². The summed E-state index contributed by atoms with van der Waals surface area (Å²) in [4.78, 5) is 20.5. The molecule has 4 rings (SSSR count). The van der Waals surface area contributed by atoms with E-state index in [0.29, 0.717) is 0 Å². The fraction of sp³-hybridized carbons (Fsp3) is 0.143. The molecule has 7 nitrogen and oxygen atoms in total. The van der Waals surface area contributed by atoms with Crippen LogP contribution in [-0.4, -0.2) is 42.0 Å². The fourth-order valence-corrected chi connectivity index (χ4v) is 3.46. The molecule has 1 atom stereocenters. The highest BCUT2D eigenvalue weighted by molar-refractivity contribution is 9.10. The van der Waals surface area contributed by atoms with Crippen molar-refractivity contribution in [1.82, 2.24) is 24.7 Å². The largest absolute Gasteiger partial charge is 0.490 e. The number of rotatable bonds is 5. The Bertz CT molecular complexity index is 1310. The second-order valence-corrected chi connectivity index (χ2v) is 7.69. The molecule has 2 N–H and O–H groups in total. The minimum Gasteiger partial charge on any atom is -0.475 e. The second kappa shape index (κ2) is 10.5. The lowest BCUT2D eigenvalue weighted by molar-refractivity contribution is -0.192. The molecule has 0 aliphatic rings. The number of alkyl halides is 3. The number of allylic oxidation sites excluding steroid dienone is 1. The molecule has 0 fully saturated rings. The number of carboxylic acids is 1. The van der Waals surface area contributed by atoms with Crippen molar-refractivity contribution in [1.29, 1.82) is 0 Å². The summed E-state index contributed by atoms with van der Waals surface area (Å²) >= 11 is 3.43. The van der Waals surface area contributed by atoms with Gasteiger partial charge >= 0.3 is 12.1 Å². The SMILES string of the molecule is FC(F)=CCC(c1cccc(Br)c1)n1cc(-c2ncnc3[nH]ccc23)cn1.O=C(O)C(F)(F)F. The summed E-state index contributed by atoms with van der Waals surface area (Å²) in [6.45, 7) is 0. The van der Waals surface area contributed by atoms with Gasteiger partial charge in [-0.15, -0.1) is 0 Å². The topological polar surface area (TPSA) is 96.7 Å². The summed E-state index contributed by atoms with van der Waals surface area (Å²) in [7, 11) is 0. The van der Waals surface area contributed by atoms with Crippen LogP contribution in [-0.2, 0) is 4.79 Å². The van der Waals surface area contributed by atoms with Crippen LogP contribution in [0.4, 0.5) is 22.0 Å². The van der Waals surface area contributed by atoms with Crippen LogP contribution in [0.25, 0.3) is 22.3 Å². The van der Waals surface area contributed by atoms with E-state index in [1.54, 1.807) is 17.1 Å². The van der Waals surface area contributed by atoms with E-state index in [-0.39, 0.29) is 12.5 Å². The number of nitrogens with zero attached hydrogens (tertiary/aromatic N) is 4. The van der Waals surface area contributed by atoms with Crippen molar-refractivity contribution in [3.63, 3.8) is 0 Å². The number of aromatic amines is 1. The van der Waals surface area contributed by atoms with E-state index in [1.165, 1.54) is 6.33 Å². The number of fused-ring (bicyclic) bond motifs is 1. The molecule has 4 aromatic rings. The summed E-state index contributed by atoms with van der Waals surface area (Å²) in [5.41, 5.74) is 3.16. The first-order valence-corrected chi connectivity index (χ1v) is 10.2. The third-order valence-electron chi connectivity index (χ3n) is 4.52. The minimum absolute atomic E-state index is 0.128. The summed E-state index contributed by atoms with van der Waals surface area (Å²) < 4.78 is 59.7. The van der Waals surface area contributed by atoms with Crippen molar-refractivity contribution >= 4 is 32.9 Å². The van der Waals surface area contributed by atoms with Gasteiger partial charge in [0.1, 0.15) is 12.0 Å². The van der Waals surface area contributed by atoms with E-state index in [4.69, 9.17) is 9.90 Å². The normalized spacial score (nSPS) is 12.1. The smallest absolute Gasteiger partial charge is 0.475 e. The van der Waals surface area contributed by atoms with Crippen molar-refractivity contribution < 1.29 is 31.9 Å². The highest BCUT2D eigenvalue weighted by Crippen LogP contribution is 2.29. The molecular formula is C21H15BrF5N5O2. The first-order valence-electron chi connectivity index (χ1n) is 9.45. The van der Waals surface area contributed by atoms with Crippen molar-refractivity contribution in [2.24, 2.45) is 0 Å². The number of hydrogen-bond acceptors (Lipinski definition) is 4. The Balaban J connectivity index is 0.000000406. The molecule has 178 valence electrons.